The van der Waals surface area contributed by atoms with E-state index in [4.69, 9.17) is 4.74 Å². The van der Waals surface area contributed by atoms with Gasteiger partial charge >= 0.3 is 0 Å². The van der Waals surface area contributed by atoms with Crippen LogP contribution in [0.5, 0.6) is 5.75 Å². The van der Waals surface area contributed by atoms with Crippen molar-refractivity contribution < 1.29 is 9.53 Å². The van der Waals surface area contributed by atoms with Gasteiger partial charge in [-0.25, -0.2) is 4.98 Å². The molecular weight excluding hydrogens is 350 g/mol. The molecule has 1 aromatic heterocycles. The lowest BCUT2D eigenvalue weighted by Crippen LogP contribution is -2.26. The van der Waals surface area contributed by atoms with E-state index in [0.29, 0.717) is 6.54 Å². The van der Waals surface area contributed by atoms with Crippen LogP contribution in [-0.4, -0.2) is 22.6 Å². The second-order valence-electron chi connectivity index (χ2n) is 6.57. The maximum atomic E-state index is 12.4. The van der Waals surface area contributed by atoms with Crippen LogP contribution in [0.25, 0.3) is 22.2 Å². The summed E-state index contributed by atoms with van der Waals surface area (Å²) < 4.78 is 7.16. The van der Waals surface area contributed by atoms with Crippen LogP contribution in [-0.2, 0) is 17.9 Å². The first kappa shape index (κ1) is 17.8. The van der Waals surface area contributed by atoms with Crippen molar-refractivity contribution in [3.05, 3.63) is 84.7 Å². The molecule has 1 N–H and O–H groups in total. The van der Waals surface area contributed by atoms with Gasteiger partial charge in [-0.3, -0.25) is 4.79 Å². The average molecular weight is 371 g/mol. The second-order valence-corrected chi connectivity index (χ2v) is 6.57. The van der Waals surface area contributed by atoms with Crippen molar-refractivity contribution in [3.8, 4) is 16.9 Å². The number of para-hydroxylation sites is 2. The van der Waals surface area contributed by atoms with Gasteiger partial charge in [0.05, 0.1) is 24.5 Å². The Labute approximate surface area is 163 Å². The zero-order chi connectivity index (χ0) is 19.3. The zero-order valence-corrected chi connectivity index (χ0v) is 15.6. The van der Waals surface area contributed by atoms with Crippen molar-refractivity contribution in [2.45, 2.75) is 13.1 Å². The monoisotopic (exact) mass is 371 g/mol. The highest BCUT2D eigenvalue weighted by atomic mass is 16.5. The van der Waals surface area contributed by atoms with E-state index in [2.05, 4.69) is 22.4 Å². The van der Waals surface area contributed by atoms with Crippen LogP contribution in [0.4, 0.5) is 0 Å². The lowest BCUT2D eigenvalue weighted by Gasteiger charge is -2.09. The average Bonchev–Trinajstić information content (AvgIpc) is 3.15. The Kier molecular flexibility index (Phi) is 5.06. The number of ether oxygens (including phenoxy) is 1. The second kappa shape index (κ2) is 7.96. The molecule has 28 heavy (non-hydrogen) atoms. The molecule has 0 bridgehead atoms. The number of fused-ring (bicyclic) bond motifs is 1. The number of nitrogens with zero attached hydrogens (tertiary/aromatic N) is 2. The molecule has 4 aromatic rings. The van der Waals surface area contributed by atoms with Crippen LogP contribution in [0.1, 0.15) is 5.56 Å². The zero-order valence-electron chi connectivity index (χ0n) is 15.6. The number of rotatable bonds is 6. The maximum absolute atomic E-state index is 12.4. The van der Waals surface area contributed by atoms with Crippen LogP contribution in [0, 0.1) is 0 Å². The molecule has 0 radical (unpaired) electrons. The normalized spacial score (nSPS) is 10.8. The Hall–Kier alpha value is -3.60. The summed E-state index contributed by atoms with van der Waals surface area (Å²) >= 11 is 0. The van der Waals surface area contributed by atoms with Crippen LogP contribution in [0.15, 0.2) is 79.1 Å². The number of amides is 1. The number of methoxy groups -OCH3 is 1. The largest absolute Gasteiger partial charge is 0.497 e. The van der Waals surface area contributed by atoms with E-state index in [9.17, 15) is 4.79 Å². The Balaban J connectivity index is 1.42. The van der Waals surface area contributed by atoms with Gasteiger partial charge in [0, 0.05) is 6.54 Å². The fourth-order valence-electron chi connectivity index (χ4n) is 3.21. The van der Waals surface area contributed by atoms with Crippen molar-refractivity contribution in [2.75, 3.05) is 7.11 Å². The molecule has 0 atom stereocenters. The Morgan fingerprint density at radius 1 is 1.00 bits per heavy atom. The summed E-state index contributed by atoms with van der Waals surface area (Å²) in [7, 11) is 1.66. The van der Waals surface area contributed by atoms with E-state index in [1.165, 1.54) is 0 Å². The smallest absolute Gasteiger partial charge is 0.240 e. The summed E-state index contributed by atoms with van der Waals surface area (Å²) in [4.78, 5) is 16.7. The SMILES string of the molecule is COc1cccc(-c2cccc(CNC(=O)Cn3cnc4ccccc43)c2)c1. The summed E-state index contributed by atoms with van der Waals surface area (Å²) in [6, 6.07) is 23.9. The van der Waals surface area contributed by atoms with Gasteiger partial charge in [0.25, 0.3) is 0 Å². The predicted molar refractivity (Wildman–Crippen MR) is 110 cm³/mol. The summed E-state index contributed by atoms with van der Waals surface area (Å²) in [5.74, 6) is 0.777. The van der Waals surface area contributed by atoms with E-state index < -0.39 is 0 Å². The minimum Gasteiger partial charge on any atom is -0.497 e. The summed E-state index contributed by atoms with van der Waals surface area (Å²) in [6.07, 6.45) is 1.70. The maximum Gasteiger partial charge on any atom is 0.240 e. The fraction of sp³-hybridized carbons (Fsp3) is 0.130. The lowest BCUT2D eigenvalue weighted by atomic mass is 10.0. The number of nitrogens with one attached hydrogen (secondary N) is 1. The van der Waals surface area contributed by atoms with Crippen LogP contribution < -0.4 is 10.1 Å². The van der Waals surface area contributed by atoms with Crippen LogP contribution >= 0.6 is 0 Å². The van der Waals surface area contributed by atoms with Crippen LogP contribution in [0.3, 0.4) is 0 Å². The van der Waals surface area contributed by atoms with E-state index in [0.717, 1.165) is 33.5 Å². The topological polar surface area (TPSA) is 56.1 Å². The van der Waals surface area contributed by atoms with Crippen molar-refractivity contribution in [1.29, 1.82) is 0 Å². The van der Waals surface area contributed by atoms with Crippen LogP contribution in [0.2, 0.25) is 0 Å². The summed E-state index contributed by atoms with van der Waals surface area (Å²) in [5, 5.41) is 2.99. The molecule has 0 aliphatic rings. The summed E-state index contributed by atoms with van der Waals surface area (Å²) in [6.45, 7) is 0.722. The van der Waals surface area contributed by atoms with Crippen molar-refractivity contribution in [3.63, 3.8) is 0 Å². The third-order valence-electron chi connectivity index (χ3n) is 4.66. The molecule has 0 aliphatic heterocycles. The number of aromatic nitrogens is 2. The van der Waals surface area contributed by atoms with Crippen molar-refractivity contribution in [2.24, 2.45) is 0 Å². The summed E-state index contributed by atoms with van der Waals surface area (Å²) in [5.41, 5.74) is 5.06. The number of carbonyl (C=O) groups excluding carboxylic acids is 1. The third-order valence-corrected chi connectivity index (χ3v) is 4.66. The highest BCUT2D eigenvalue weighted by Crippen LogP contribution is 2.24. The minimum absolute atomic E-state index is 0.0464. The molecule has 0 saturated carbocycles. The van der Waals surface area contributed by atoms with Gasteiger partial charge in [0.15, 0.2) is 0 Å². The first-order valence-corrected chi connectivity index (χ1v) is 9.13. The quantitative estimate of drug-likeness (QED) is 0.557. The molecule has 3 aromatic carbocycles. The third kappa shape index (κ3) is 3.88. The molecule has 140 valence electrons. The van der Waals surface area contributed by atoms with Gasteiger partial charge in [-0.2, -0.15) is 0 Å². The van der Waals surface area contributed by atoms with Gasteiger partial charge < -0.3 is 14.6 Å². The van der Waals surface area contributed by atoms with E-state index in [-0.39, 0.29) is 12.5 Å². The van der Waals surface area contributed by atoms with E-state index >= 15 is 0 Å². The van der Waals surface area contributed by atoms with Gasteiger partial charge in [-0.1, -0.05) is 42.5 Å². The molecular formula is C23H21N3O2. The molecule has 0 aliphatic carbocycles. The van der Waals surface area contributed by atoms with Gasteiger partial charge in [-0.15, -0.1) is 0 Å². The van der Waals surface area contributed by atoms with Gasteiger partial charge in [0.1, 0.15) is 12.3 Å². The number of hydrogen-bond donors (Lipinski definition) is 1. The Morgan fingerprint density at radius 3 is 2.64 bits per heavy atom. The van der Waals surface area contributed by atoms with E-state index in [1.807, 2.05) is 65.2 Å². The lowest BCUT2D eigenvalue weighted by molar-refractivity contribution is -0.121. The van der Waals surface area contributed by atoms with E-state index in [1.54, 1.807) is 13.4 Å². The first-order valence-electron chi connectivity index (χ1n) is 9.13. The van der Waals surface area contributed by atoms with Crippen molar-refractivity contribution >= 4 is 16.9 Å². The standard InChI is InChI=1S/C23H21N3O2/c1-28-20-9-5-8-19(13-20)18-7-4-6-17(12-18)14-24-23(27)15-26-16-25-21-10-2-3-11-22(21)26/h2-13,16H,14-15H2,1H3,(H,24,27). The minimum atomic E-state index is -0.0464. The highest BCUT2D eigenvalue weighted by molar-refractivity contribution is 5.80. The molecule has 4 rings (SSSR count). The molecule has 5 nitrogen and oxygen atoms in total. The first-order chi connectivity index (χ1) is 13.7. The molecule has 0 unspecified atom stereocenters. The molecule has 5 heteroatoms. The number of benzene rings is 3. The highest BCUT2D eigenvalue weighted by Gasteiger charge is 2.07. The molecule has 0 saturated heterocycles. The van der Waals surface area contributed by atoms with Crippen molar-refractivity contribution in [1.82, 2.24) is 14.9 Å². The Morgan fingerprint density at radius 2 is 1.79 bits per heavy atom. The molecule has 1 amide bonds. The molecule has 0 fully saturated rings. The number of carbonyl (C=O) groups is 1. The molecule has 1 heterocycles. The van der Waals surface area contributed by atoms with Gasteiger partial charge in [0.2, 0.25) is 5.91 Å². The Bertz CT molecular complexity index is 1120. The van der Waals surface area contributed by atoms with Gasteiger partial charge in [-0.05, 0) is 47.0 Å². The predicted octanol–water partition coefficient (Wildman–Crippen LogP) is 4.03. The fourth-order valence-corrected chi connectivity index (χ4v) is 3.21. The number of hydrogen-bond acceptors (Lipinski definition) is 3. The number of imidazole rings is 1. The molecule has 0 spiro atoms.